The molecule has 0 radical (unpaired) electrons. The summed E-state index contributed by atoms with van der Waals surface area (Å²) in [7, 11) is 0. The van der Waals surface area contributed by atoms with Gasteiger partial charge in [0.05, 0.1) is 32.5 Å². The van der Waals surface area contributed by atoms with Gasteiger partial charge in [0.25, 0.3) is 5.91 Å². The van der Waals surface area contributed by atoms with Crippen molar-refractivity contribution >= 4 is 39.5 Å². The Hall–Kier alpha value is -3.44. The number of amides is 1. The summed E-state index contributed by atoms with van der Waals surface area (Å²) in [6.45, 7) is 5.91. The van der Waals surface area contributed by atoms with Gasteiger partial charge in [-0.1, -0.05) is 0 Å². The van der Waals surface area contributed by atoms with Crippen LogP contribution in [0.2, 0.25) is 0 Å². The zero-order valence-corrected chi connectivity index (χ0v) is 22.5. The Morgan fingerprint density at radius 3 is 2.51 bits per heavy atom. The van der Waals surface area contributed by atoms with Gasteiger partial charge in [0, 0.05) is 42.6 Å². The lowest BCUT2D eigenvalue weighted by Crippen LogP contribution is -2.49. The maximum absolute atomic E-state index is 13.4. The molecule has 37 heavy (non-hydrogen) atoms. The minimum Gasteiger partial charge on any atom is -0.473 e. The molecule has 0 unspecified atom stereocenters. The smallest absolute Gasteiger partial charge is 0.255 e. The van der Waals surface area contributed by atoms with Gasteiger partial charge in [-0.2, -0.15) is 5.10 Å². The Balaban J connectivity index is 1.09. The maximum atomic E-state index is 13.4. The molecule has 0 aliphatic carbocycles. The third-order valence-electron chi connectivity index (χ3n) is 6.87. The Labute approximate surface area is 223 Å². The Kier molecular flexibility index (Phi) is 6.33. The van der Waals surface area contributed by atoms with Crippen LogP contribution >= 0.6 is 22.7 Å². The zero-order chi connectivity index (χ0) is 25.5. The van der Waals surface area contributed by atoms with Gasteiger partial charge in [-0.3, -0.25) is 4.79 Å². The number of hydrogen-bond donors (Lipinski definition) is 1. The fraction of sp³-hybridized carbons (Fsp3) is 0.385. The first-order valence-corrected chi connectivity index (χ1v) is 14.0. The van der Waals surface area contributed by atoms with Gasteiger partial charge in [0.15, 0.2) is 5.13 Å². The van der Waals surface area contributed by atoms with E-state index in [2.05, 4.69) is 25.5 Å². The van der Waals surface area contributed by atoms with Gasteiger partial charge in [-0.15, -0.1) is 27.8 Å². The van der Waals surface area contributed by atoms with Crippen molar-refractivity contribution in [2.24, 2.45) is 0 Å². The van der Waals surface area contributed by atoms with Crippen LogP contribution < -0.4 is 10.1 Å². The SMILES string of the molecule is Cc1ccc(O[C@H]2C[C@H]3CC[C@@H](C2)N3C(=O)c2ccc(Nc3nc(-c4sc(C)nc4C)cs3)nc2)nn1. The largest absolute Gasteiger partial charge is 0.473 e. The van der Waals surface area contributed by atoms with Gasteiger partial charge in [-0.05, 0) is 51.8 Å². The van der Waals surface area contributed by atoms with E-state index in [1.54, 1.807) is 17.5 Å². The number of fused-ring (bicyclic) bond motifs is 2. The molecule has 2 saturated heterocycles. The van der Waals surface area contributed by atoms with Crippen LogP contribution in [0.3, 0.4) is 0 Å². The molecule has 4 aromatic heterocycles. The van der Waals surface area contributed by atoms with E-state index in [1.807, 2.05) is 55.3 Å². The number of carbonyl (C=O) groups excluding carboxylic acids is 1. The number of nitrogens with one attached hydrogen (secondary N) is 1. The van der Waals surface area contributed by atoms with Gasteiger partial charge < -0.3 is 15.0 Å². The molecule has 0 aromatic carbocycles. The minimum absolute atomic E-state index is 0.0349. The summed E-state index contributed by atoms with van der Waals surface area (Å²) < 4.78 is 6.09. The van der Waals surface area contributed by atoms with Crippen LogP contribution in [-0.4, -0.2) is 54.1 Å². The molecule has 6 rings (SSSR count). The molecule has 4 aromatic rings. The molecule has 0 saturated carbocycles. The summed E-state index contributed by atoms with van der Waals surface area (Å²) in [6.07, 6.45) is 5.29. The third-order valence-corrected chi connectivity index (χ3v) is 8.72. The first kappa shape index (κ1) is 23.9. The topological polar surface area (TPSA) is 106 Å². The standard InChI is InChI=1S/C26H27N7O2S2/c1-14-4-9-23(32-31-14)35-20-10-18-6-7-19(11-20)33(18)25(34)17-5-8-22(27-12-17)30-26-29-21(13-36-26)24-15(2)28-16(3)37-24/h4-5,8-9,12-13,18-20H,6-7,10-11H2,1-3H3,(H,27,29,30)/t18-,19+,20+. The van der Waals surface area contributed by atoms with E-state index >= 15 is 0 Å². The van der Waals surface area contributed by atoms with Crippen molar-refractivity contribution < 1.29 is 9.53 Å². The quantitative estimate of drug-likeness (QED) is 0.354. The summed E-state index contributed by atoms with van der Waals surface area (Å²) in [5.41, 5.74) is 3.37. The van der Waals surface area contributed by atoms with Crippen LogP contribution in [0.1, 0.15) is 52.4 Å². The second kappa shape index (κ2) is 9.79. The molecule has 3 atom stereocenters. The number of hydrogen-bond acceptors (Lipinski definition) is 10. The predicted octanol–water partition coefficient (Wildman–Crippen LogP) is 5.34. The minimum atomic E-state index is 0.0349. The van der Waals surface area contributed by atoms with Crippen molar-refractivity contribution in [3.05, 3.63) is 57.8 Å². The average molecular weight is 534 g/mol. The maximum Gasteiger partial charge on any atom is 0.255 e. The van der Waals surface area contributed by atoms with E-state index in [0.717, 1.165) is 57.8 Å². The van der Waals surface area contributed by atoms with Gasteiger partial charge >= 0.3 is 0 Å². The zero-order valence-electron chi connectivity index (χ0n) is 20.8. The number of piperidine rings is 1. The third kappa shape index (κ3) is 4.93. The first-order valence-electron chi connectivity index (χ1n) is 12.4. The van der Waals surface area contributed by atoms with Crippen LogP contribution in [-0.2, 0) is 0 Å². The molecule has 0 spiro atoms. The number of anilines is 2. The normalized spacial score (nSPS) is 20.7. The van der Waals surface area contributed by atoms with E-state index in [9.17, 15) is 4.79 Å². The molecule has 9 nitrogen and oxygen atoms in total. The van der Waals surface area contributed by atoms with E-state index in [4.69, 9.17) is 9.72 Å². The molecule has 2 bridgehead atoms. The lowest BCUT2D eigenvalue weighted by atomic mass is 9.98. The van der Waals surface area contributed by atoms with Crippen molar-refractivity contribution in [1.29, 1.82) is 0 Å². The number of ether oxygens (including phenoxy) is 1. The molecule has 1 N–H and O–H groups in total. The predicted molar refractivity (Wildman–Crippen MR) is 144 cm³/mol. The van der Waals surface area contributed by atoms with Crippen LogP contribution in [0, 0.1) is 20.8 Å². The van der Waals surface area contributed by atoms with Crippen LogP contribution in [0.15, 0.2) is 35.8 Å². The van der Waals surface area contributed by atoms with Crippen molar-refractivity contribution in [2.75, 3.05) is 5.32 Å². The van der Waals surface area contributed by atoms with Crippen LogP contribution in [0.4, 0.5) is 10.9 Å². The molecule has 2 aliphatic heterocycles. The van der Waals surface area contributed by atoms with E-state index < -0.39 is 0 Å². The molecule has 1 amide bonds. The van der Waals surface area contributed by atoms with Crippen LogP contribution in [0.5, 0.6) is 5.88 Å². The number of aryl methyl sites for hydroxylation is 3. The number of aromatic nitrogens is 5. The Bertz CT molecular complexity index is 1400. The van der Waals surface area contributed by atoms with Gasteiger partial charge in [-0.25, -0.2) is 15.0 Å². The molecule has 2 aliphatic rings. The van der Waals surface area contributed by atoms with E-state index in [1.165, 1.54) is 11.3 Å². The summed E-state index contributed by atoms with van der Waals surface area (Å²) in [6, 6.07) is 7.77. The number of pyridine rings is 1. The fourth-order valence-electron chi connectivity index (χ4n) is 5.23. The molecular formula is C26H27N7O2S2. The molecule has 2 fully saturated rings. The summed E-state index contributed by atoms with van der Waals surface area (Å²) >= 11 is 3.17. The number of thiazole rings is 2. The summed E-state index contributed by atoms with van der Waals surface area (Å²) in [5, 5.41) is 15.3. The summed E-state index contributed by atoms with van der Waals surface area (Å²) in [5.74, 6) is 1.24. The highest BCUT2D eigenvalue weighted by Gasteiger charge is 2.44. The molecule has 6 heterocycles. The number of rotatable bonds is 6. The Morgan fingerprint density at radius 2 is 1.86 bits per heavy atom. The second-order valence-corrected chi connectivity index (χ2v) is 11.6. The average Bonchev–Trinajstić information content (AvgIpc) is 3.56. The first-order chi connectivity index (χ1) is 17.9. The highest BCUT2D eigenvalue weighted by Crippen LogP contribution is 2.38. The molecule has 190 valence electrons. The molecule has 11 heteroatoms. The van der Waals surface area contributed by atoms with Gasteiger partial charge in [0.2, 0.25) is 5.88 Å². The lowest BCUT2D eigenvalue weighted by Gasteiger charge is -2.38. The second-order valence-electron chi connectivity index (χ2n) is 9.56. The van der Waals surface area contributed by atoms with Crippen molar-refractivity contribution in [3.63, 3.8) is 0 Å². The lowest BCUT2D eigenvalue weighted by molar-refractivity contribution is 0.0345. The number of carbonyl (C=O) groups is 1. The fourth-order valence-corrected chi connectivity index (χ4v) is 6.90. The van der Waals surface area contributed by atoms with Crippen molar-refractivity contribution in [2.45, 2.75) is 64.6 Å². The van der Waals surface area contributed by atoms with Crippen LogP contribution in [0.25, 0.3) is 10.6 Å². The Morgan fingerprint density at radius 1 is 1.05 bits per heavy atom. The van der Waals surface area contributed by atoms with Gasteiger partial charge in [0.1, 0.15) is 11.9 Å². The summed E-state index contributed by atoms with van der Waals surface area (Å²) in [4.78, 5) is 30.2. The van der Waals surface area contributed by atoms with Crippen molar-refractivity contribution in [3.8, 4) is 16.5 Å². The van der Waals surface area contributed by atoms with E-state index in [0.29, 0.717) is 17.3 Å². The molecular weight excluding hydrogens is 506 g/mol. The highest BCUT2D eigenvalue weighted by atomic mass is 32.1. The van der Waals surface area contributed by atoms with E-state index in [-0.39, 0.29) is 24.1 Å². The number of nitrogens with zero attached hydrogens (tertiary/aromatic N) is 6. The highest BCUT2D eigenvalue weighted by molar-refractivity contribution is 7.16. The monoisotopic (exact) mass is 533 g/mol. The van der Waals surface area contributed by atoms with Crippen molar-refractivity contribution in [1.82, 2.24) is 30.0 Å².